The van der Waals surface area contributed by atoms with Crippen molar-refractivity contribution in [2.45, 2.75) is 18.6 Å². The van der Waals surface area contributed by atoms with E-state index < -0.39 is 53.0 Å². The zero-order chi connectivity index (χ0) is 42.3. The molecule has 0 spiro atoms. The van der Waals surface area contributed by atoms with Crippen LogP contribution in [0.4, 0.5) is 26.3 Å². The third-order valence-corrected chi connectivity index (χ3v) is 7.19. The van der Waals surface area contributed by atoms with E-state index in [0.717, 1.165) is 30.9 Å². The highest BCUT2D eigenvalue weighted by atomic mass is 19.4. The number of ether oxygens (including phenoxy) is 4. The van der Waals surface area contributed by atoms with Crippen LogP contribution in [-0.4, -0.2) is 103 Å². The summed E-state index contributed by atoms with van der Waals surface area (Å²) in [5, 5.41) is 16.6. The molecule has 2 N–H and O–H groups in total. The SMILES string of the molecule is CON(C)C(=O)c1ccc(Oc2ccc(C3OCCO3)cc2)nc1C(F)(F)F.CON(C)C(=O)c1ccc(Oc2ccc(C=O)cc2)nc1C(F)(F)F.OCCO. The van der Waals surface area contributed by atoms with Gasteiger partial charge in [0.2, 0.25) is 11.8 Å². The summed E-state index contributed by atoms with van der Waals surface area (Å²) in [6.07, 6.45) is -9.55. The fourth-order valence-corrected chi connectivity index (χ4v) is 4.38. The van der Waals surface area contributed by atoms with E-state index in [-0.39, 0.29) is 36.5 Å². The maximum atomic E-state index is 13.4. The highest BCUT2D eigenvalue weighted by Crippen LogP contribution is 2.35. The van der Waals surface area contributed by atoms with Crippen molar-refractivity contribution in [2.24, 2.45) is 0 Å². The van der Waals surface area contributed by atoms with Crippen LogP contribution in [0.1, 0.15) is 54.3 Å². The summed E-state index contributed by atoms with van der Waals surface area (Å²) in [5.41, 5.74) is -2.90. The predicted molar refractivity (Wildman–Crippen MR) is 184 cm³/mol. The van der Waals surface area contributed by atoms with Gasteiger partial charge in [-0.1, -0.05) is 12.1 Å². The number of halogens is 6. The Morgan fingerprint density at radius 2 is 1.09 bits per heavy atom. The molecule has 1 aliphatic heterocycles. The highest BCUT2D eigenvalue weighted by molar-refractivity contribution is 5.95. The van der Waals surface area contributed by atoms with E-state index in [0.29, 0.717) is 35.2 Å². The first-order chi connectivity index (χ1) is 27.0. The Morgan fingerprint density at radius 3 is 1.42 bits per heavy atom. The van der Waals surface area contributed by atoms with Crippen LogP contribution in [0.5, 0.6) is 23.3 Å². The van der Waals surface area contributed by atoms with Gasteiger partial charge < -0.3 is 29.2 Å². The summed E-state index contributed by atoms with van der Waals surface area (Å²) in [6.45, 7) is 0.743. The Bertz CT molecular complexity index is 1920. The molecule has 15 nitrogen and oxygen atoms in total. The molecular formula is C36H36F6N4O11. The number of amides is 2. The Morgan fingerprint density at radius 1 is 0.702 bits per heavy atom. The zero-order valence-electron chi connectivity index (χ0n) is 30.5. The molecule has 0 atom stereocenters. The number of hydrogen-bond donors (Lipinski definition) is 2. The normalized spacial score (nSPS) is 12.7. The summed E-state index contributed by atoms with van der Waals surface area (Å²) in [7, 11) is 4.70. The molecular weight excluding hydrogens is 778 g/mol. The minimum atomic E-state index is -4.86. The molecule has 2 aromatic heterocycles. The van der Waals surface area contributed by atoms with E-state index in [4.69, 9.17) is 29.2 Å². The van der Waals surface area contributed by atoms with Gasteiger partial charge >= 0.3 is 12.4 Å². The molecule has 5 rings (SSSR count). The molecule has 2 aromatic carbocycles. The van der Waals surface area contributed by atoms with Gasteiger partial charge in [-0.25, -0.2) is 20.1 Å². The number of aliphatic hydroxyl groups is 2. The first-order valence-corrected chi connectivity index (χ1v) is 16.2. The van der Waals surface area contributed by atoms with Gasteiger partial charge in [-0.05, 0) is 48.5 Å². The second-order valence-electron chi connectivity index (χ2n) is 11.0. The number of carbonyl (C=O) groups excluding carboxylic acids is 3. The molecule has 57 heavy (non-hydrogen) atoms. The van der Waals surface area contributed by atoms with Crippen molar-refractivity contribution >= 4 is 18.1 Å². The fraction of sp³-hybridized carbons (Fsp3) is 0.306. The number of pyridine rings is 2. The van der Waals surface area contributed by atoms with E-state index in [1.807, 2.05) is 0 Å². The maximum Gasteiger partial charge on any atom is 0.434 e. The summed E-state index contributed by atoms with van der Waals surface area (Å²) < 4.78 is 101. The van der Waals surface area contributed by atoms with Crippen molar-refractivity contribution in [3.8, 4) is 23.3 Å². The van der Waals surface area contributed by atoms with Gasteiger partial charge in [0.25, 0.3) is 11.8 Å². The number of aldehydes is 1. The number of nitrogens with zero attached hydrogens (tertiary/aromatic N) is 4. The van der Waals surface area contributed by atoms with Crippen molar-refractivity contribution in [1.82, 2.24) is 20.1 Å². The molecule has 1 saturated heterocycles. The summed E-state index contributed by atoms with van der Waals surface area (Å²) in [5.74, 6) is -2.15. The minimum Gasteiger partial charge on any atom is -0.439 e. The molecule has 308 valence electrons. The van der Waals surface area contributed by atoms with Crippen LogP contribution in [0.3, 0.4) is 0 Å². The third-order valence-electron chi connectivity index (χ3n) is 7.19. The van der Waals surface area contributed by atoms with Gasteiger partial charge in [0.05, 0.1) is 51.8 Å². The van der Waals surface area contributed by atoms with Crippen LogP contribution >= 0.6 is 0 Å². The van der Waals surface area contributed by atoms with Crippen LogP contribution in [0, 0.1) is 0 Å². The molecule has 0 aliphatic carbocycles. The Kier molecular flexibility index (Phi) is 16.8. The van der Waals surface area contributed by atoms with E-state index in [1.54, 1.807) is 24.3 Å². The standard InChI is InChI=1S/C18H17F3N2O5.C16H13F3N2O4.C2H6O2/c1-23(25-2)16(24)13-7-8-14(22-15(13)18(19,20)21)28-12-5-3-11(4-6-12)17-26-9-10-27-17;1-21(24-2)15(23)12-7-8-13(20-14(12)16(17,18)19)25-11-5-3-10(9-22)4-6-11;3-1-2-4/h3-8,17H,9-10H2,1-2H3;3-9H,1-2H3;3-4H,1-2H2. The number of aliphatic hydroxyl groups excluding tert-OH is 2. The second-order valence-corrected chi connectivity index (χ2v) is 11.0. The summed E-state index contributed by atoms with van der Waals surface area (Å²) in [6, 6.07) is 16.5. The molecule has 1 fully saturated rings. The quantitative estimate of drug-likeness (QED) is 0.104. The molecule has 0 saturated carbocycles. The van der Waals surface area contributed by atoms with Gasteiger partial charge in [-0.3, -0.25) is 24.1 Å². The maximum absolute atomic E-state index is 13.4. The van der Waals surface area contributed by atoms with Crippen LogP contribution in [0.15, 0.2) is 72.8 Å². The first kappa shape index (κ1) is 45.7. The molecule has 0 radical (unpaired) electrons. The summed E-state index contributed by atoms with van der Waals surface area (Å²) in [4.78, 5) is 50.8. The fourth-order valence-electron chi connectivity index (χ4n) is 4.38. The third kappa shape index (κ3) is 13.2. The number of carbonyl (C=O) groups is 3. The van der Waals surface area contributed by atoms with E-state index in [9.17, 15) is 40.7 Å². The van der Waals surface area contributed by atoms with Crippen molar-refractivity contribution in [1.29, 1.82) is 0 Å². The molecule has 3 heterocycles. The lowest BCUT2D eigenvalue weighted by atomic mass is 10.1. The number of hydrogen-bond acceptors (Lipinski definition) is 13. The minimum absolute atomic E-state index is 0.125. The smallest absolute Gasteiger partial charge is 0.434 e. The number of aromatic nitrogens is 2. The molecule has 0 unspecified atom stereocenters. The number of hydroxylamine groups is 4. The largest absolute Gasteiger partial charge is 0.439 e. The van der Waals surface area contributed by atoms with Crippen molar-refractivity contribution in [2.75, 3.05) is 54.7 Å². The van der Waals surface area contributed by atoms with Crippen molar-refractivity contribution in [3.63, 3.8) is 0 Å². The van der Waals surface area contributed by atoms with Gasteiger partial charge in [-0.15, -0.1) is 0 Å². The van der Waals surface area contributed by atoms with Crippen molar-refractivity contribution < 1.29 is 79.6 Å². The molecule has 21 heteroatoms. The Labute approximate surface area is 320 Å². The average Bonchev–Trinajstić information content (AvgIpc) is 3.75. The monoisotopic (exact) mass is 814 g/mol. The van der Waals surface area contributed by atoms with E-state index in [2.05, 4.69) is 19.6 Å². The molecule has 0 bridgehead atoms. The summed E-state index contributed by atoms with van der Waals surface area (Å²) >= 11 is 0. The average molecular weight is 815 g/mol. The number of benzene rings is 2. The Hall–Kier alpha value is -5.71. The predicted octanol–water partition coefficient (Wildman–Crippen LogP) is 5.88. The van der Waals surface area contributed by atoms with E-state index in [1.165, 1.54) is 51.5 Å². The molecule has 4 aromatic rings. The number of rotatable bonds is 11. The first-order valence-electron chi connectivity index (χ1n) is 16.2. The van der Waals surface area contributed by atoms with Crippen LogP contribution in [0.2, 0.25) is 0 Å². The molecule has 1 aliphatic rings. The topological polar surface area (TPSA) is 179 Å². The number of alkyl halides is 6. The Balaban J connectivity index is 0.000000281. The zero-order valence-corrected chi connectivity index (χ0v) is 30.5. The van der Waals surface area contributed by atoms with Gasteiger partial charge in [-0.2, -0.15) is 26.3 Å². The lowest BCUT2D eigenvalue weighted by Gasteiger charge is -2.17. The van der Waals surface area contributed by atoms with E-state index >= 15 is 0 Å². The molecule has 2 amide bonds. The van der Waals surface area contributed by atoms with Gasteiger partial charge in [0.1, 0.15) is 17.8 Å². The van der Waals surface area contributed by atoms with Crippen LogP contribution in [0.25, 0.3) is 0 Å². The lowest BCUT2D eigenvalue weighted by Crippen LogP contribution is -2.28. The van der Waals surface area contributed by atoms with Crippen LogP contribution < -0.4 is 9.47 Å². The van der Waals surface area contributed by atoms with Gasteiger partial charge in [0.15, 0.2) is 17.7 Å². The lowest BCUT2D eigenvalue weighted by molar-refractivity contribution is -0.143. The van der Waals surface area contributed by atoms with Crippen molar-refractivity contribution in [3.05, 3.63) is 106 Å². The second kappa shape index (κ2) is 21.0. The van der Waals surface area contributed by atoms with Crippen LogP contribution in [-0.2, 0) is 31.5 Å². The highest BCUT2D eigenvalue weighted by Gasteiger charge is 2.40. The van der Waals surface area contributed by atoms with Gasteiger partial charge in [0, 0.05) is 37.4 Å².